The average Bonchev–Trinajstić information content (AvgIpc) is 3.61. The molecule has 5 N–H and O–H groups in total. The van der Waals surface area contributed by atoms with Crippen molar-refractivity contribution in [3.63, 3.8) is 0 Å². The Hall–Kier alpha value is -4.83. The first kappa shape index (κ1) is 28.7. The van der Waals surface area contributed by atoms with E-state index in [2.05, 4.69) is 66.2 Å². The molecule has 0 bridgehead atoms. The zero-order valence-electron chi connectivity index (χ0n) is 24.0. The molecule has 3 aromatic carbocycles. The molecule has 1 atom stereocenters. The fourth-order valence-electron chi connectivity index (χ4n) is 5.22. The van der Waals surface area contributed by atoms with E-state index in [1.807, 2.05) is 43.5 Å². The Morgan fingerprint density at radius 1 is 0.976 bits per heavy atom. The van der Waals surface area contributed by atoms with E-state index in [4.69, 9.17) is 4.74 Å². The quantitative estimate of drug-likeness (QED) is 0.101. The summed E-state index contributed by atoms with van der Waals surface area (Å²) in [7, 11) is 3.02. The minimum atomic E-state index is -0.390. The zero-order chi connectivity index (χ0) is 29.5. The van der Waals surface area contributed by atoms with Gasteiger partial charge in [-0.1, -0.05) is 36.4 Å². The lowest BCUT2D eigenvalue weighted by molar-refractivity contribution is -0.121. The van der Waals surface area contributed by atoms with Gasteiger partial charge >= 0.3 is 6.03 Å². The summed E-state index contributed by atoms with van der Waals surface area (Å²) in [5.41, 5.74) is 6.99. The maximum atomic E-state index is 13.4. The van der Waals surface area contributed by atoms with Gasteiger partial charge in [0.15, 0.2) is 0 Å². The number of fused-ring (bicyclic) bond motifs is 2. The topological polar surface area (TPSA) is 133 Å². The predicted molar refractivity (Wildman–Crippen MR) is 163 cm³/mol. The molecular weight excluding hydrogens is 532 g/mol. The fourth-order valence-corrected chi connectivity index (χ4v) is 5.22. The third kappa shape index (κ3) is 6.72. The normalized spacial score (nSPS) is 11.9. The van der Waals surface area contributed by atoms with E-state index in [9.17, 15) is 9.59 Å². The number of urea groups is 1. The number of nitrogens with zero attached hydrogens (tertiary/aromatic N) is 1. The predicted octanol–water partition coefficient (Wildman–Crippen LogP) is 5.46. The summed E-state index contributed by atoms with van der Waals surface area (Å²) in [4.78, 5) is 41.2. The number of hydroxylamine groups is 1. The van der Waals surface area contributed by atoms with Crippen molar-refractivity contribution >= 4 is 33.6 Å². The monoisotopic (exact) mass is 568 g/mol. The van der Waals surface area contributed by atoms with Gasteiger partial charge in [0.2, 0.25) is 5.91 Å². The zero-order valence-corrected chi connectivity index (χ0v) is 24.0. The molecule has 2 aromatic heterocycles. The van der Waals surface area contributed by atoms with Crippen molar-refractivity contribution in [3.05, 3.63) is 83.9 Å². The number of H-pyrrole nitrogens is 2. The van der Waals surface area contributed by atoms with E-state index in [1.165, 1.54) is 12.5 Å². The van der Waals surface area contributed by atoms with Crippen molar-refractivity contribution in [2.24, 2.45) is 0 Å². The van der Waals surface area contributed by atoms with Crippen LogP contribution in [-0.4, -0.2) is 47.7 Å². The number of nitrogens with one attached hydrogen (secondary N) is 5. The molecule has 0 radical (unpaired) electrons. The van der Waals surface area contributed by atoms with Crippen molar-refractivity contribution in [3.8, 4) is 17.0 Å². The number of carbonyl (C=O) groups excluding carboxylic acids is 2. The molecule has 0 spiro atoms. The van der Waals surface area contributed by atoms with Crippen LogP contribution in [0.1, 0.15) is 42.4 Å². The summed E-state index contributed by atoms with van der Waals surface area (Å²) in [5.74, 6) is 1.33. The van der Waals surface area contributed by atoms with Crippen LogP contribution in [0.4, 0.5) is 4.79 Å². The Morgan fingerprint density at radius 2 is 1.81 bits per heavy atom. The number of ether oxygens (including phenoxy) is 1. The van der Waals surface area contributed by atoms with Crippen LogP contribution in [0.5, 0.6) is 5.75 Å². The second-order valence-electron chi connectivity index (χ2n) is 10.2. The van der Waals surface area contributed by atoms with Crippen LogP contribution in [0.15, 0.2) is 66.9 Å². The number of hydrogen-bond donors (Lipinski definition) is 5. The summed E-state index contributed by atoms with van der Waals surface area (Å²) < 4.78 is 5.40. The van der Waals surface area contributed by atoms with Gasteiger partial charge in [-0.3, -0.25) is 9.63 Å². The molecular formula is C32H36N6O4. The number of benzene rings is 3. The fraction of sp³-hybridized carbons (Fsp3) is 0.281. The molecule has 0 saturated heterocycles. The molecule has 5 aromatic rings. The first-order valence-corrected chi connectivity index (χ1v) is 14.0. The van der Waals surface area contributed by atoms with Crippen molar-refractivity contribution in [2.45, 2.75) is 38.6 Å². The van der Waals surface area contributed by atoms with Gasteiger partial charge < -0.3 is 25.3 Å². The first-order valence-electron chi connectivity index (χ1n) is 14.0. The highest BCUT2D eigenvalue weighted by molar-refractivity contribution is 5.91. The average molecular weight is 569 g/mol. The largest absolute Gasteiger partial charge is 0.497 e. The van der Waals surface area contributed by atoms with Crippen molar-refractivity contribution in [2.75, 3.05) is 20.8 Å². The number of rotatable bonds is 12. The van der Waals surface area contributed by atoms with E-state index >= 15 is 0 Å². The second kappa shape index (κ2) is 13.2. The van der Waals surface area contributed by atoms with Crippen molar-refractivity contribution < 1.29 is 19.2 Å². The maximum absolute atomic E-state index is 13.4. The molecule has 2 heterocycles. The summed E-state index contributed by atoms with van der Waals surface area (Å²) in [6, 6.07) is 19.6. The van der Waals surface area contributed by atoms with Gasteiger partial charge in [0.1, 0.15) is 11.6 Å². The molecule has 0 unspecified atom stereocenters. The molecule has 0 aliphatic carbocycles. The summed E-state index contributed by atoms with van der Waals surface area (Å²) in [6.07, 6.45) is 4.15. The lowest BCUT2D eigenvalue weighted by atomic mass is 10.0. The van der Waals surface area contributed by atoms with Crippen molar-refractivity contribution in [1.82, 2.24) is 31.1 Å². The Morgan fingerprint density at radius 3 is 2.62 bits per heavy atom. The molecule has 42 heavy (non-hydrogen) atoms. The number of amides is 3. The van der Waals surface area contributed by atoms with E-state index in [-0.39, 0.29) is 24.4 Å². The van der Waals surface area contributed by atoms with Gasteiger partial charge in [-0.2, -0.15) is 0 Å². The molecule has 0 aliphatic heterocycles. The van der Waals surface area contributed by atoms with E-state index in [0.29, 0.717) is 18.8 Å². The number of hydrogen-bond acceptors (Lipinski definition) is 5. The molecule has 5 rings (SSSR count). The Balaban J connectivity index is 1.32. The number of unbranched alkanes of at least 4 members (excludes halogenated alkanes) is 1. The first-order chi connectivity index (χ1) is 20.4. The van der Waals surface area contributed by atoms with Crippen LogP contribution < -0.4 is 20.9 Å². The standard InChI is InChI=1S/C32H36N6O4/c1-20-25(26-17-24(41-2)13-14-27(26)35-20)18-30(39)36-28(10-6-7-15-33-32(40)38-42-3)31-34-19-29(37-31)23-12-11-21-8-4-5-9-22(21)16-23/h4-5,8-9,11-14,16-17,19,28,35H,6-7,10,15,18H2,1-3H3,(H,34,37)(H,36,39)(H2,33,38,40)/t28-/m0/s1. The molecule has 0 saturated carbocycles. The van der Waals surface area contributed by atoms with Gasteiger partial charge in [0.05, 0.1) is 38.6 Å². The number of aromatic amines is 2. The highest BCUT2D eigenvalue weighted by Gasteiger charge is 2.20. The van der Waals surface area contributed by atoms with Crippen molar-refractivity contribution in [1.29, 1.82) is 0 Å². The third-order valence-corrected chi connectivity index (χ3v) is 7.39. The Kier molecular flexibility index (Phi) is 9.03. The van der Waals surface area contributed by atoms with Gasteiger partial charge in [0.25, 0.3) is 0 Å². The lowest BCUT2D eigenvalue weighted by Gasteiger charge is -2.17. The Bertz CT molecular complexity index is 1690. The molecule has 3 amide bonds. The van der Waals surface area contributed by atoms with E-state index in [0.717, 1.165) is 57.4 Å². The molecule has 10 nitrogen and oxygen atoms in total. The number of aryl methyl sites for hydroxylation is 1. The second-order valence-corrected chi connectivity index (χ2v) is 10.2. The highest BCUT2D eigenvalue weighted by atomic mass is 16.6. The lowest BCUT2D eigenvalue weighted by Crippen LogP contribution is -2.35. The Labute approximate surface area is 244 Å². The minimum Gasteiger partial charge on any atom is -0.497 e. The van der Waals surface area contributed by atoms with Crippen LogP contribution in [0, 0.1) is 6.92 Å². The molecule has 10 heteroatoms. The van der Waals surface area contributed by atoms with Crippen LogP contribution in [0.25, 0.3) is 32.9 Å². The summed E-state index contributed by atoms with van der Waals surface area (Å²) >= 11 is 0. The number of imidazole rings is 1. The minimum absolute atomic E-state index is 0.104. The molecule has 0 aliphatic rings. The summed E-state index contributed by atoms with van der Waals surface area (Å²) in [5, 5.41) is 9.23. The number of methoxy groups -OCH3 is 1. The van der Waals surface area contributed by atoms with Crippen LogP contribution in [0.2, 0.25) is 0 Å². The molecule has 218 valence electrons. The smallest absolute Gasteiger partial charge is 0.338 e. The molecule has 0 fully saturated rings. The van der Waals surface area contributed by atoms with E-state index in [1.54, 1.807) is 7.11 Å². The van der Waals surface area contributed by atoms with Gasteiger partial charge in [-0.25, -0.2) is 15.3 Å². The van der Waals surface area contributed by atoms with Crippen LogP contribution in [0.3, 0.4) is 0 Å². The van der Waals surface area contributed by atoms with Gasteiger partial charge in [-0.15, -0.1) is 0 Å². The summed E-state index contributed by atoms with van der Waals surface area (Å²) in [6.45, 7) is 2.45. The number of aromatic nitrogens is 3. The van der Waals surface area contributed by atoms with Crippen LogP contribution >= 0.6 is 0 Å². The van der Waals surface area contributed by atoms with Crippen LogP contribution in [-0.2, 0) is 16.1 Å². The van der Waals surface area contributed by atoms with E-state index < -0.39 is 0 Å². The SMILES string of the molecule is CONC(=O)NCCCC[C@H](NC(=O)Cc1c(C)[nH]c2ccc(OC)cc12)c1ncc(-c2ccc3ccccc3c2)[nH]1. The van der Waals surface area contributed by atoms with Gasteiger partial charge in [0, 0.05) is 28.7 Å². The maximum Gasteiger partial charge on any atom is 0.338 e. The third-order valence-electron chi connectivity index (χ3n) is 7.39. The van der Waals surface area contributed by atoms with Gasteiger partial charge in [-0.05, 0) is 66.8 Å². The number of carbonyl (C=O) groups is 2. The highest BCUT2D eigenvalue weighted by Crippen LogP contribution is 2.28.